The van der Waals surface area contributed by atoms with Crippen LogP contribution >= 0.6 is 0 Å². The minimum atomic E-state index is 0.474. The van der Waals surface area contributed by atoms with Crippen molar-refractivity contribution in [2.45, 2.75) is 139 Å². The zero-order valence-electron chi connectivity index (χ0n) is 23.5. The van der Waals surface area contributed by atoms with Gasteiger partial charge in [0, 0.05) is 6.04 Å². The molecule has 4 aliphatic rings. The molecule has 1 nitrogen and oxygen atoms in total. The van der Waals surface area contributed by atoms with Crippen LogP contribution in [-0.2, 0) is 0 Å². The topological polar surface area (TPSA) is 26.0 Å². The molecule has 2 N–H and O–H groups in total. The van der Waals surface area contributed by atoms with E-state index in [-0.39, 0.29) is 0 Å². The number of fused-ring (bicyclic) bond motifs is 5. The van der Waals surface area contributed by atoms with E-state index in [9.17, 15) is 0 Å². The predicted octanol–water partition coefficient (Wildman–Crippen LogP) is 9.10. The average Bonchev–Trinajstić information content (AvgIpc) is 3.11. The normalized spacial score (nSPS) is 47.5. The smallest absolute Gasteiger partial charge is 0.00418 e. The van der Waals surface area contributed by atoms with Crippen LogP contribution in [0.3, 0.4) is 0 Å². The van der Waals surface area contributed by atoms with Gasteiger partial charge >= 0.3 is 0 Å². The first kappa shape index (κ1) is 26.6. The van der Waals surface area contributed by atoms with Gasteiger partial charge in [-0.05, 0) is 115 Å². The zero-order valence-corrected chi connectivity index (χ0v) is 23.5. The van der Waals surface area contributed by atoms with Gasteiger partial charge in [0.15, 0.2) is 0 Å². The van der Waals surface area contributed by atoms with Crippen LogP contribution in [0.25, 0.3) is 0 Å². The Morgan fingerprint density at radius 1 is 0.750 bits per heavy atom. The molecule has 0 spiro atoms. The molecule has 188 valence electrons. The Kier molecular flexibility index (Phi) is 8.22. The molecule has 0 saturated heterocycles. The fraction of sp³-hybridized carbons (Fsp3) is 1.00. The maximum Gasteiger partial charge on any atom is 0.00418 e. The van der Waals surface area contributed by atoms with Crippen molar-refractivity contribution >= 4 is 0 Å². The van der Waals surface area contributed by atoms with Crippen LogP contribution in [0.2, 0.25) is 0 Å². The second-order valence-corrected chi connectivity index (χ2v) is 13.8. The quantitative estimate of drug-likeness (QED) is 0.448. The molecule has 4 fully saturated rings. The Labute approximate surface area is 202 Å². The monoisotopic (exact) mass is 445 g/mol. The minimum Gasteiger partial charge on any atom is -0.328 e. The first-order valence-corrected chi connectivity index (χ1v) is 14.8. The number of rotatable bonds is 5. The van der Waals surface area contributed by atoms with E-state index in [1.807, 2.05) is 13.8 Å². The van der Waals surface area contributed by atoms with Crippen molar-refractivity contribution < 1.29 is 0 Å². The van der Waals surface area contributed by atoms with E-state index in [2.05, 4.69) is 48.5 Å². The molecule has 10 unspecified atom stereocenters. The highest BCUT2D eigenvalue weighted by Gasteiger charge is 2.65. The number of nitrogens with two attached hydrogens (primary N) is 1. The standard InChI is InChI=1S/C29H53N.C2H6/c1-19(2)20(3)8-9-21(4)24-12-13-25-26-11-10-22-18-23(30)14-15-28(22,6)29(26,7)17-16-27(24,25)5;1-2/h19-26H,8-18,30H2,1-7H3;1-2H3. The first-order valence-electron chi connectivity index (χ1n) is 14.8. The SMILES string of the molecule is CC.CC(C)C(C)CCC(C)C1CCC2C3CCC4CC(N)CCC4(C)C3(C)CCC12C. The zero-order chi connectivity index (χ0) is 23.9. The summed E-state index contributed by atoms with van der Waals surface area (Å²) in [7, 11) is 0. The van der Waals surface area contributed by atoms with Crippen molar-refractivity contribution in [2.75, 3.05) is 0 Å². The summed E-state index contributed by atoms with van der Waals surface area (Å²) >= 11 is 0. The van der Waals surface area contributed by atoms with Crippen LogP contribution < -0.4 is 5.73 Å². The minimum absolute atomic E-state index is 0.474. The second-order valence-electron chi connectivity index (χ2n) is 13.8. The van der Waals surface area contributed by atoms with Gasteiger partial charge in [0.25, 0.3) is 0 Å². The average molecular weight is 446 g/mol. The fourth-order valence-corrected chi connectivity index (χ4v) is 9.71. The van der Waals surface area contributed by atoms with Crippen LogP contribution in [0.5, 0.6) is 0 Å². The largest absolute Gasteiger partial charge is 0.328 e. The van der Waals surface area contributed by atoms with E-state index in [0.29, 0.717) is 22.3 Å². The van der Waals surface area contributed by atoms with Crippen LogP contribution in [0.15, 0.2) is 0 Å². The third kappa shape index (κ3) is 4.24. The van der Waals surface area contributed by atoms with Crippen LogP contribution in [0.4, 0.5) is 0 Å². The molecule has 4 saturated carbocycles. The van der Waals surface area contributed by atoms with E-state index in [4.69, 9.17) is 5.73 Å². The summed E-state index contributed by atoms with van der Waals surface area (Å²) in [6.45, 7) is 22.1. The summed E-state index contributed by atoms with van der Waals surface area (Å²) < 4.78 is 0. The highest BCUT2D eigenvalue weighted by Crippen LogP contribution is 2.73. The van der Waals surface area contributed by atoms with Gasteiger partial charge in [-0.1, -0.05) is 75.2 Å². The molecule has 0 radical (unpaired) electrons. The Balaban J connectivity index is 0.00000141. The summed E-state index contributed by atoms with van der Waals surface area (Å²) in [6, 6.07) is 0.474. The van der Waals surface area contributed by atoms with Gasteiger partial charge in [0.05, 0.1) is 0 Å². The predicted molar refractivity (Wildman–Crippen MR) is 142 cm³/mol. The van der Waals surface area contributed by atoms with Gasteiger partial charge in [-0.2, -0.15) is 0 Å². The summed E-state index contributed by atoms with van der Waals surface area (Å²) in [5.74, 6) is 6.43. The lowest BCUT2D eigenvalue weighted by Crippen LogP contribution is -2.60. The van der Waals surface area contributed by atoms with Crippen molar-refractivity contribution in [1.82, 2.24) is 0 Å². The molecule has 4 rings (SSSR count). The van der Waals surface area contributed by atoms with E-state index < -0.39 is 0 Å². The van der Waals surface area contributed by atoms with Gasteiger partial charge in [0.1, 0.15) is 0 Å². The molecule has 1 heteroatoms. The molecule has 0 aromatic carbocycles. The van der Waals surface area contributed by atoms with Gasteiger partial charge < -0.3 is 5.73 Å². The Hall–Kier alpha value is -0.0400. The van der Waals surface area contributed by atoms with Gasteiger partial charge in [0.2, 0.25) is 0 Å². The van der Waals surface area contributed by atoms with E-state index in [1.54, 1.807) is 0 Å². The fourth-order valence-electron chi connectivity index (χ4n) is 9.71. The molecule has 0 heterocycles. The van der Waals surface area contributed by atoms with Crippen molar-refractivity contribution in [3.63, 3.8) is 0 Å². The highest BCUT2D eigenvalue weighted by molar-refractivity contribution is 5.14. The van der Waals surface area contributed by atoms with Gasteiger partial charge in [-0.25, -0.2) is 0 Å². The molecular weight excluding hydrogens is 386 g/mol. The maximum atomic E-state index is 6.44. The molecule has 4 aliphatic carbocycles. The third-order valence-electron chi connectivity index (χ3n) is 12.5. The summed E-state index contributed by atoms with van der Waals surface area (Å²) in [5.41, 5.74) is 8.15. The van der Waals surface area contributed by atoms with Crippen molar-refractivity contribution in [1.29, 1.82) is 0 Å². The van der Waals surface area contributed by atoms with Crippen molar-refractivity contribution in [2.24, 2.45) is 63.4 Å². The summed E-state index contributed by atoms with van der Waals surface area (Å²) in [4.78, 5) is 0. The molecule has 0 aliphatic heterocycles. The Morgan fingerprint density at radius 2 is 1.41 bits per heavy atom. The van der Waals surface area contributed by atoms with E-state index in [1.165, 1.54) is 70.6 Å². The molecule has 32 heavy (non-hydrogen) atoms. The second kappa shape index (κ2) is 9.91. The molecule has 0 aromatic heterocycles. The summed E-state index contributed by atoms with van der Waals surface area (Å²) in [5, 5.41) is 0. The highest BCUT2D eigenvalue weighted by atomic mass is 14.7. The van der Waals surface area contributed by atoms with Gasteiger partial charge in [-0.15, -0.1) is 0 Å². The number of hydrogen-bond donors (Lipinski definition) is 1. The first-order chi connectivity index (χ1) is 15.0. The maximum absolute atomic E-state index is 6.44. The third-order valence-corrected chi connectivity index (χ3v) is 12.5. The molecule has 0 amide bonds. The molecule has 0 bridgehead atoms. The van der Waals surface area contributed by atoms with E-state index >= 15 is 0 Å². The van der Waals surface area contributed by atoms with Crippen LogP contribution in [-0.4, -0.2) is 6.04 Å². The van der Waals surface area contributed by atoms with Crippen molar-refractivity contribution in [3.8, 4) is 0 Å². The lowest BCUT2D eigenvalue weighted by Gasteiger charge is -2.67. The molecular formula is C31H59N. The Bertz CT molecular complexity index is 612. The lowest BCUT2D eigenvalue weighted by molar-refractivity contribution is -0.177. The Morgan fingerprint density at radius 3 is 2.06 bits per heavy atom. The van der Waals surface area contributed by atoms with Crippen molar-refractivity contribution in [3.05, 3.63) is 0 Å². The van der Waals surface area contributed by atoms with Crippen LogP contribution in [0, 0.1) is 57.7 Å². The molecule has 10 atom stereocenters. The van der Waals surface area contributed by atoms with Crippen LogP contribution in [0.1, 0.15) is 133 Å². The lowest BCUT2D eigenvalue weighted by atomic mass is 9.38. The van der Waals surface area contributed by atoms with E-state index in [0.717, 1.165) is 41.4 Å². The number of hydrogen-bond acceptors (Lipinski definition) is 1. The van der Waals surface area contributed by atoms with Gasteiger partial charge in [-0.3, -0.25) is 0 Å². The summed E-state index contributed by atoms with van der Waals surface area (Å²) in [6.07, 6.45) is 15.8. The molecule has 0 aromatic rings.